The van der Waals surface area contributed by atoms with E-state index in [0.717, 1.165) is 27.9 Å². The molecule has 114 valence electrons. The average molecular weight is 315 g/mol. The summed E-state index contributed by atoms with van der Waals surface area (Å²) < 4.78 is 0. The summed E-state index contributed by atoms with van der Waals surface area (Å²) in [5.41, 5.74) is 10.4. The summed E-state index contributed by atoms with van der Waals surface area (Å²) >= 11 is 6.03. The summed E-state index contributed by atoms with van der Waals surface area (Å²) in [6.45, 7) is 9.97. The van der Waals surface area contributed by atoms with E-state index in [0.29, 0.717) is 16.4 Å². The molecule has 0 amide bonds. The summed E-state index contributed by atoms with van der Waals surface area (Å²) in [4.78, 5) is 11.8. The second kappa shape index (κ2) is 6.62. The van der Waals surface area contributed by atoms with Gasteiger partial charge in [0, 0.05) is 23.4 Å². The van der Waals surface area contributed by atoms with Crippen molar-refractivity contribution in [3.63, 3.8) is 0 Å². The first-order chi connectivity index (χ1) is 10.6. The number of hydrogen-bond acceptors (Lipinski definition) is 3. The van der Waals surface area contributed by atoms with Gasteiger partial charge in [0.25, 0.3) is 0 Å². The molecule has 3 N–H and O–H groups in total. The minimum absolute atomic E-state index is 0.520. The molecule has 0 saturated heterocycles. The SMILES string of the molecule is C=C(c1nc(C)c(Cl)cc1N)c1ccnc2[nH]ccc12.CC. The Kier molecular flexibility index (Phi) is 4.83. The Morgan fingerprint density at radius 2 is 2.05 bits per heavy atom. The molecule has 5 heteroatoms. The molecule has 4 nitrogen and oxygen atoms in total. The van der Waals surface area contributed by atoms with Crippen molar-refractivity contribution in [1.82, 2.24) is 15.0 Å². The van der Waals surface area contributed by atoms with Crippen LogP contribution in [0.5, 0.6) is 0 Å². The minimum atomic E-state index is 0.520. The Balaban J connectivity index is 0.000000847. The van der Waals surface area contributed by atoms with E-state index in [4.69, 9.17) is 17.3 Å². The number of hydrogen-bond donors (Lipinski definition) is 2. The second-order valence-electron chi connectivity index (χ2n) is 4.57. The van der Waals surface area contributed by atoms with Crippen molar-refractivity contribution in [1.29, 1.82) is 0 Å². The number of nitrogen functional groups attached to an aromatic ring is 1. The van der Waals surface area contributed by atoms with Crippen molar-refractivity contribution in [3.8, 4) is 0 Å². The molecule has 3 rings (SSSR count). The molecular weight excluding hydrogens is 296 g/mol. The molecule has 22 heavy (non-hydrogen) atoms. The Bertz CT molecular complexity index is 821. The highest BCUT2D eigenvalue weighted by Crippen LogP contribution is 2.31. The van der Waals surface area contributed by atoms with Crippen LogP contribution in [0.1, 0.15) is 30.8 Å². The van der Waals surface area contributed by atoms with Crippen LogP contribution in [0, 0.1) is 6.92 Å². The molecule has 0 unspecified atom stereocenters. The first kappa shape index (κ1) is 16.0. The number of pyridine rings is 2. The number of H-pyrrole nitrogens is 1. The van der Waals surface area contributed by atoms with Crippen LogP contribution in [0.25, 0.3) is 16.6 Å². The van der Waals surface area contributed by atoms with Gasteiger partial charge in [0.2, 0.25) is 0 Å². The van der Waals surface area contributed by atoms with Crippen LogP contribution in [0.15, 0.2) is 37.2 Å². The summed E-state index contributed by atoms with van der Waals surface area (Å²) in [6.07, 6.45) is 3.58. The van der Waals surface area contributed by atoms with Crippen LogP contribution in [0.3, 0.4) is 0 Å². The van der Waals surface area contributed by atoms with Gasteiger partial charge >= 0.3 is 0 Å². The highest BCUT2D eigenvalue weighted by Gasteiger charge is 2.13. The summed E-state index contributed by atoms with van der Waals surface area (Å²) in [5, 5.41) is 1.55. The first-order valence-electron chi connectivity index (χ1n) is 7.12. The van der Waals surface area contributed by atoms with Crippen LogP contribution in [-0.2, 0) is 0 Å². The highest BCUT2D eigenvalue weighted by atomic mass is 35.5. The number of anilines is 1. The smallest absolute Gasteiger partial charge is 0.137 e. The minimum Gasteiger partial charge on any atom is -0.397 e. The third-order valence-electron chi connectivity index (χ3n) is 3.25. The maximum atomic E-state index is 6.03. The molecule has 0 aliphatic heterocycles. The van der Waals surface area contributed by atoms with Gasteiger partial charge in [-0.1, -0.05) is 32.0 Å². The molecular formula is C17H19ClN4. The van der Waals surface area contributed by atoms with Gasteiger partial charge in [-0.25, -0.2) is 9.97 Å². The van der Waals surface area contributed by atoms with E-state index in [1.54, 1.807) is 12.3 Å². The lowest BCUT2D eigenvalue weighted by Crippen LogP contribution is -2.00. The zero-order chi connectivity index (χ0) is 16.3. The Morgan fingerprint density at radius 3 is 2.77 bits per heavy atom. The third kappa shape index (κ3) is 2.83. The molecule has 0 radical (unpaired) electrons. The predicted molar refractivity (Wildman–Crippen MR) is 94.0 cm³/mol. The fourth-order valence-corrected chi connectivity index (χ4v) is 2.35. The van der Waals surface area contributed by atoms with Crippen LogP contribution in [-0.4, -0.2) is 15.0 Å². The first-order valence-corrected chi connectivity index (χ1v) is 7.50. The maximum absolute atomic E-state index is 6.03. The molecule has 0 aliphatic rings. The largest absolute Gasteiger partial charge is 0.397 e. The van der Waals surface area contributed by atoms with Crippen molar-refractivity contribution in [3.05, 3.63) is 59.1 Å². The van der Waals surface area contributed by atoms with Crippen molar-refractivity contribution < 1.29 is 0 Å². The lowest BCUT2D eigenvalue weighted by molar-refractivity contribution is 1.17. The van der Waals surface area contributed by atoms with Gasteiger partial charge in [-0.3, -0.25) is 0 Å². The molecule has 3 aromatic rings. The molecule has 0 atom stereocenters. The van der Waals surface area contributed by atoms with Crippen LogP contribution in [0.2, 0.25) is 5.02 Å². The molecule has 0 bridgehead atoms. The van der Waals surface area contributed by atoms with Gasteiger partial charge in [-0.2, -0.15) is 0 Å². The summed E-state index contributed by atoms with van der Waals surface area (Å²) in [5.74, 6) is 0. The molecule has 0 fully saturated rings. The number of aromatic amines is 1. The standard InChI is InChI=1S/C15H13ClN4.C2H6/c1-8(14-13(17)7-12(16)9(2)20-14)10-3-5-18-15-11(10)4-6-19-15;1-2/h3-7H,1,17H2,2H3,(H,18,19);1-2H3. The molecule has 0 spiro atoms. The third-order valence-corrected chi connectivity index (χ3v) is 3.63. The number of fused-ring (bicyclic) bond motifs is 1. The van der Waals surface area contributed by atoms with Gasteiger partial charge in [-0.05, 0) is 30.7 Å². The number of nitrogens with zero attached hydrogens (tertiary/aromatic N) is 2. The van der Waals surface area contributed by atoms with Crippen LogP contribution in [0.4, 0.5) is 5.69 Å². The Morgan fingerprint density at radius 1 is 1.32 bits per heavy atom. The van der Waals surface area contributed by atoms with E-state index in [-0.39, 0.29) is 0 Å². The van der Waals surface area contributed by atoms with Crippen molar-refractivity contribution >= 4 is 33.9 Å². The van der Waals surface area contributed by atoms with Crippen LogP contribution >= 0.6 is 11.6 Å². The van der Waals surface area contributed by atoms with Gasteiger partial charge in [-0.15, -0.1) is 0 Å². The number of nitrogens with one attached hydrogen (secondary N) is 1. The topological polar surface area (TPSA) is 67.6 Å². The monoisotopic (exact) mass is 314 g/mol. The Labute approximate surface area is 135 Å². The number of aromatic nitrogens is 3. The van der Waals surface area contributed by atoms with E-state index >= 15 is 0 Å². The summed E-state index contributed by atoms with van der Waals surface area (Å²) in [7, 11) is 0. The van der Waals surface area contributed by atoms with Gasteiger partial charge in [0.15, 0.2) is 0 Å². The lowest BCUT2D eigenvalue weighted by atomic mass is 10.0. The fourth-order valence-electron chi connectivity index (χ4n) is 2.19. The van der Waals surface area contributed by atoms with Gasteiger partial charge in [0.05, 0.1) is 22.1 Å². The zero-order valence-electron chi connectivity index (χ0n) is 12.9. The van der Waals surface area contributed by atoms with Gasteiger partial charge in [0.1, 0.15) is 5.65 Å². The van der Waals surface area contributed by atoms with E-state index < -0.39 is 0 Å². The van der Waals surface area contributed by atoms with Crippen molar-refractivity contribution in [2.45, 2.75) is 20.8 Å². The van der Waals surface area contributed by atoms with E-state index in [1.807, 2.05) is 39.1 Å². The number of rotatable bonds is 2. The predicted octanol–water partition coefficient (Wildman–Crippen LogP) is 4.59. The molecule has 0 aromatic carbocycles. The zero-order valence-corrected chi connectivity index (χ0v) is 13.7. The highest BCUT2D eigenvalue weighted by molar-refractivity contribution is 6.31. The van der Waals surface area contributed by atoms with Crippen molar-refractivity contribution in [2.24, 2.45) is 0 Å². The quantitative estimate of drug-likeness (QED) is 0.727. The number of aryl methyl sites for hydroxylation is 1. The molecule has 0 saturated carbocycles. The molecule has 0 aliphatic carbocycles. The fraction of sp³-hybridized carbons (Fsp3) is 0.176. The molecule has 3 aromatic heterocycles. The van der Waals surface area contributed by atoms with Gasteiger partial charge < -0.3 is 10.7 Å². The Hall–Kier alpha value is -2.33. The number of nitrogens with two attached hydrogens (primary N) is 1. The van der Waals surface area contributed by atoms with E-state index in [2.05, 4.69) is 21.5 Å². The van der Waals surface area contributed by atoms with Crippen molar-refractivity contribution in [2.75, 3.05) is 5.73 Å². The van der Waals surface area contributed by atoms with Crippen LogP contribution < -0.4 is 5.73 Å². The van der Waals surface area contributed by atoms with E-state index in [9.17, 15) is 0 Å². The van der Waals surface area contributed by atoms with E-state index in [1.165, 1.54) is 0 Å². The summed E-state index contributed by atoms with van der Waals surface area (Å²) in [6, 6.07) is 5.57. The maximum Gasteiger partial charge on any atom is 0.137 e. The molecule has 3 heterocycles. The second-order valence-corrected chi connectivity index (χ2v) is 4.98. The lowest BCUT2D eigenvalue weighted by Gasteiger charge is -2.11. The normalized spacial score (nSPS) is 10.2. The number of halogens is 1. The average Bonchev–Trinajstić information content (AvgIpc) is 3.00.